The molecule has 8 heteroatoms. The van der Waals surface area contributed by atoms with E-state index in [1.54, 1.807) is 12.3 Å². The second kappa shape index (κ2) is 10.9. The minimum Gasteiger partial charge on any atom is -0.494 e. The average molecular weight is 563 g/mol. The first-order valence-electron chi connectivity index (χ1n) is 14.2. The van der Waals surface area contributed by atoms with Gasteiger partial charge < -0.3 is 18.8 Å². The molecule has 6 rings (SSSR count). The van der Waals surface area contributed by atoms with E-state index in [4.69, 9.17) is 24.3 Å². The van der Waals surface area contributed by atoms with Crippen molar-refractivity contribution in [3.8, 4) is 34.3 Å². The summed E-state index contributed by atoms with van der Waals surface area (Å²) in [6.07, 6.45) is 1.74. The van der Waals surface area contributed by atoms with Gasteiger partial charge >= 0.3 is 0 Å². The highest BCUT2D eigenvalue weighted by Crippen LogP contribution is 2.36. The first kappa shape index (κ1) is 27.3. The molecule has 8 nitrogen and oxygen atoms in total. The minimum absolute atomic E-state index is 0.219. The Labute approximate surface area is 244 Å². The summed E-state index contributed by atoms with van der Waals surface area (Å²) in [5.41, 5.74) is 7.12. The Morgan fingerprint density at radius 3 is 2.60 bits per heavy atom. The Balaban J connectivity index is 1.50. The van der Waals surface area contributed by atoms with E-state index in [0.717, 1.165) is 56.6 Å². The summed E-state index contributed by atoms with van der Waals surface area (Å²) in [5.74, 6) is 3.02. The fourth-order valence-electron chi connectivity index (χ4n) is 5.54. The first-order chi connectivity index (χ1) is 20.3. The number of fused-ring (bicyclic) bond motifs is 2. The Bertz CT molecular complexity index is 1920. The fourth-order valence-corrected chi connectivity index (χ4v) is 5.54. The fraction of sp³-hybridized carbons (Fsp3) is 0.265. The lowest BCUT2D eigenvalue weighted by atomic mass is 9.96. The van der Waals surface area contributed by atoms with Crippen LogP contribution in [-0.2, 0) is 0 Å². The summed E-state index contributed by atoms with van der Waals surface area (Å²) in [4.78, 5) is 18.8. The molecule has 3 heterocycles. The average Bonchev–Trinajstić information content (AvgIpc) is 3.55. The highest BCUT2D eigenvalue weighted by atomic mass is 16.7. The van der Waals surface area contributed by atoms with Crippen molar-refractivity contribution in [2.45, 2.75) is 47.5 Å². The zero-order valence-corrected chi connectivity index (χ0v) is 24.8. The van der Waals surface area contributed by atoms with E-state index in [0.29, 0.717) is 23.3 Å². The van der Waals surface area contributed by atoms with Crippen LogP contribution in [0.1, 0.15) is 54.8 Å². The molecule has 0 saturated heterocycles. The maximum Gasteiger partial charge on any atom is 0.282 e. The Morgan fingerprint density at radius 2 is 1.81 bits per heavy atom. The minimum atomic E-state index is -0.226. The molecule has 0 aliphatic carbocycles. The third-order valence-electron chi connectivity index (χ3n) is 7.67. The largest absolute Gasteiger partial charge is 0.494 e. The van der Waals surface area contributed by atoms with Crippen LogP contribution in [0.15, 0.2) is 70.6 Å². The van der Waals surface area contributed by atoms with Gasteiger partial charge in [0.15, 0.2) is 17.3 Å². The van der Waals surface area contributed by atoms with Crippen molar-refractivity contribution in [1.82, 2.24) is 14.2 Å². The molecule has 5 aromatic rings. The van der Waals surface area contributed by atoms with E-state index < -0.39 is 0 Å². The molecule has 0 radical (unpaired) electrons. The summed E-state index contributed by atoms with van der Waals surface area (Å²) < 4.78 is 20.6. The lowest BCUT2D eigenvalue weighted by molar-refractivity contribution is 0.174. The number of aryl methyl sites for hydroxylation is 2. The van der Waals surface area contributed by atoms with Crippen molar-refractivity contribution in [3.05, 3.63) is 99.1 Å². The normalized spacial score (nSPS) is 12.6. The number of para-hydroxylation sites is 1. The van der Waals surface area contributed by atoms with Crippen LogP contribution >= 0.6 is 0 Å². The molecule has 1 aliphatic heterocycles. The van der Waals surface area contributed by atoms with Crippen molar-refractivity contribution < 1.29 is 14.2 Å². The second-order valence-electron chi connectivity index (χ2n) is 10.8. The van der Waals surface area contributed by atoms with Gasteiger partial charge in [0.2, 0.25) is 6.79 Å². The maximum atomic E-state index is 13.9. The highest BCUT2D eigenvalue weighted by molar-refractivity contribution is 5.84. The molecule has 0 amide bonds. The third kappa shape index (κ3) is 4.72. The molecular formula is C34H34N4O4. The van der Waals surface area contributed by atoms with Crippen LogP contribution in [0.2, 0.25) is 0 Å². The Hall–Kier alpha value is -4.85. The second-order valence-corrected chi connectivity index (χ2v) is 10.8. The summed E-state index contributed by atoms with van der Waals surface area (Å²) in [6.45, 7) is 13.1. The van der Waals surface area contributed by atoms with E-state index in [1.165, 1.54) is 4.68 Å². The molecule has 0 N–H and O–H groups in total. The topological polar surface area (TPSA) is 79.9 Å². The highest BCUT2D eigenvalue weighted by Gasteiger charge is 2.20. The quantitative estimate of drug-likeness (QED) is 0.201. The molecule has 0 spiro atoms. The van der Waals surface area contributed by atoms with Crippen molar-refractivity contribution in [2.24, 2.45) is 5.10 Å². The van der Waals surface area contributed by atoms with Gasteiger partial charge in [-0.05, 0) is 87.2 Å². The number of aromatic nitrogens is 3. The molecule has 1 aliphatic rings. The lowest BCUT2D eigenvalue weighted by Gasteiger charge is -2.18. The van der Waals surface area contributed by atoms with Gasteiger partial charge in [0.1, 0.15) is 5.75 Å². The summed E-state index contributed by atoms with van der Waals surface area (Å²) in [6, 6.07) is 19.5. The number of rotatable bonds is 7. The van der Waals surface area contributed by atoms with Gasteiger partial charge in [-0.2, -0.15) is 9.78 Å². The van der Waals surface area contributed by atoms with Crippen molar-refractivity contribution >= 4 is 17.1 Å². The Morgan fingerprint density at radius 1 is 1.02 bits per heavy atom. The van der Waals surface area contributed by atoms with Crippen LogP contribution in [0.25, 0.3) is 28.0 Å². The van der Waals surface area contributed by atoms with Crippen LogP contribution in [0, 0.1) is 20.8 Å². The molecule has 0 bridgehead atoms. The van der Waals surface area contributed by atoms with Crippen LogP contribution < -0.4 is 19.8 Å². The van der Waals surface area contributed by atoms with E-state index in [1.807, 2.05) is 70.2 Å². The van der Waals surface area contributed by atoms with Gasteiger partial charge in [0, 0.05) is 34.3 Å². The zero-order chi connectivity index (χ0) is 29.5. The molecule has 42 heavy (non-hydrogen) atoms. The SMILES string of the molecule is CCOc1cc(C)c(-c2nc3ccccc3c(=O)n2N=Cc2cc(C)n(-c3ccc4c(c3)OCO4)c2C)cc1C(C)C. The smallest absolute Gasteiger partial charge is 0.282 e. The lowest BCUT2D eigenvalue weighted by Crippen LogP contribution is -2.21. The number of nitrogens with zero attached hydrogens (tertiary/aromatic N) is 4. The molecule has 0 saturated carbocycles. The standard InChI is InChI=1S/C34H34N4O4/c1-7-40-31-14-21(4)28(17-27(31)20(2)3)33-36-29-11-9-8-10-26(29)34(39)38(33)35-18-24-15-22(5)37(23(24)6)25-12-13-30-32(16-25)42-19-41-30/h8-18,20H,7,19H2,1-6H3. The molecule has 0 fully saturated rings. The van der Waals surface area contributed by atoms with Gasteiger partial charge in [-0.1, -0.05) is 26.0 Å². The van der Waals surface area contributed by atoms with Gasteiger partial charge in [0.05, 0.1) is 23.7 Å². The third-order valence-corrected chi connectivity index (χ3v) is 7.67. The number of hydrogen-bond donors (Lipinski definition) is 0. The van der Waals surface area contributed by atoms with Crippen molar-refractivity contribution in [3.63, 3.8) is 0 Å². The molecule has 214 valence electrons. The van der Waals surface area contributed by atoms with Crippen LogP contribution in [0.4, 0.5) is 0 Å². The van der Waals surface area contributed by atoms with E-state index in [9.17, 15) is 4.79 Å². The van der Waals surface area contributed by atoms with E-state index in [2.05, 4.69) is 30.5 Å². The van der Waals surface area contributed by atoms with Gasteiger partial charge in [-0.15, -0.1) is 0 Å². The van der Waals surface area contributed by atoms with Crippen LogP contribution in [0.5, 0.6) is 17.2 Å². The number of benzene rings is 3. The first-order valence-corrected chi connectivity index (χ1v) is 14.2. The van der Waals surface area contributed by atoms with Gasteiger partial charge in [-0.3, -0.25) is 4.79 Å². The van der Waals surface area contributed by atoms with Crippen molar-refractivity contribution in [2.75, 3.05) is 13.4 Å². The predicted octanol–water partition coefficient (Wildman–Crippen LogP) is 6.91. The maximum absolute atomic E-state index is 13.9. The molecule has 0 unspecified atom stereocenters. The van der Waals surface area contributed by atoms with Gasteiger partial charge in [0.25, 0.3) is 5.56 Å². The molecular weight excluding hydrogens is 528 g/mol. The number of hydrogen-bond acceptors (Lipinski definition) is 6. The van der Waals surface area contributed by atoms with Gasteiger partial charge in [-0.25, -0.2) is 4.98 Å². The Kier molecular flexibility index (Phi) is 7.06. The monoisotopic (exact) mass is 562 g/mol. The summed E-state index contributed by atoms with van der Waals surface area (Å²) in [5, 5.41) is 5.28. The summed E-state index contributed by atoms with van der Waals surface area (Å²) >= 11 is 0. The molecule has 3 aromatic carbocycles. The van der Waals surface area contributed by atoms with Crippen LogP contribution in [0.3, 0.4) is 0 Å². The number of ether oxygens (including phenoxy) is 3. The van der Waals surface area contributed by atoms with Crippen LogP contribution in [-0.4, -0.2) is 33.8 Å². The van der Waals surface area contributed by atoms with Crippen molar-refractivity contribution in [1.29, 1.82) is 0 Å². The molecule has 0 atom stereocenters. The van der Waals surface area contributed by atoms with E-state index >= 15 is 0 Å². The summed E-state index contributed by atoms with van der Waals surface area (Å²) in [7, 11) is 0. The van der Waals surface area contributed by atoms with E-state index in [-0.39, 0.29) is 18.3 Å². The predicted molar refractivity (Wildman–Crippen MR) is 166 cm³/mol. The molecule has 2 aromatic heterocycles. The zero-order valence-electron chi connectivity index (χ0n) is 24.8.